The minimum absolute atomic E-state index is 0.00315. The van der Waals surface area contributed by atoms with Gasteiger partial charge in [0.2, 0.25) is 5.56 Å². The van der Waals surface area contributed by atoms with Crippen molar-refractivity contribution in [3.8, 4) is 11.1 Å². The lowest BCUT2D eigenvalue weighted by atomic mass is 9.93. The van der Waals surface area contributed by atoms with Crippen molar-refractivity contribution in [2.45, 2.75) is 52.2 Å². The SMILES string of the molecule is C=C(NC(C)C(C)c1ccc(-c2ccc(=O)n(C)c2)cc1)OC(C)(C)C. The number of nitrogens with zero attached hydrogens (tertiary/aromatic N) is 1. The molecule has 140 valence electrons. The Labute approximate surface area is 156 Å². The standard InChI is InChI=1S/C22H30N2O2/c1-15(16(2)23-17(3)26-22(4,5)6)18-8-10-19(11-9-18)20-12-13-21(25)24(7)14-20/h8-16,23H,3H2,1-2,4-7H3. The molecule has 0 saturated carbocycles. The van der Waals surface area contributed by atoms with Crippen LogP contribution >= 0.6 is 0 Å². The highest BCUT2D eigenvalue weighted by molar-refractivity contribution is 5.62. The molecular formula is C22H30N2O2. The van der Waals surface area contributed by atoms with Gasteiger partial charge in [0.1, 0.15) is 5.60 Å². The summed E-state index contributed by atoms with van der Waals surface area (Å²) in [4.78, 5) is 11.5. The molecule has 0 fully saturated rings. The van der Waals surface area contributed by atoms with E-state index in [2.05, 4.69) is 50.0 Å². The molecular weight excluding hydrogens is 324 g/mol. The van der Waals surface area contributed by atoms with Gasteiger partial charge in [-0.25, -0.2) is 0 Å². The molecule has 0 amide bonds. The number of nitrogens with one attached hydrogen (secondary N) is 1. The molecule has 1 aromatic carbocycles. The van der Waals surface area contributed by atoms with E-state index >= 15 is 0 Å². The van der Waals surface area contributed by atoms with Crippen molar-refractivity contribution in [1.29, 1.82) is 0 Å². The second-order valence-electron chi connectivity index (χ2n) is 7.85. The van der Waals surface area contributed by atoms with E-state index in [1.54, 1.807) is 17.7 Å². The van der Waals surface area contributed by atoms with Gasteiger partial charge >= 0.3 is 0 Å². The molecule has 4 nitrogen and oxygen atoms in total. The summed E-state index contributed by atoms with van der Waals surface area (Å²) in [7, 11) is 1.77. The molecule has 26 heavy (non-hydrogen) atoms. The number of benzene rings is 1. The van der Waals surface area contributed by atoms with Crippen molar-refractivity contribution >= 4 is 0 Å². The molecule has 0 aliphatic heterocycles. The average molecular weight is 354 g/mol. The normalized spacial score (nSPS) is 13.8. The summed E-state index contributed by atoms with van der Waals surface area (Å²) in [6.45, 7) is 14.3. The van der Waals surface area contributed by atoms with Crippen LogP contribution in [0.2, 0.25) is 0 Å². The lowest BCUT2D eigenvalue weighted by molar-refractivity contribution is 0.0382. The summed E-state index contributed by atoms with van der Waals surface area (Å²) >= 11 is 0. The van der Waals surface area contributed by atoms with Crippen LogP contribution in [0.25, 0.3) is 11.1 Å². The van der Waals surface area contributed by atoms with E-state index < -0.39 is 0 Å². The number of aryl methyl sites for hydroxylation is 1. The van der Waals surface area contributed by atoms with Gasteiger partial charge < -0.3 is 14.6 Å². The highest BCUT2D eigenvalue weighted by atomic mass is 16.5. The van der Waals surface area contributed by atoms with Crippen LogP contribution < -0.4 is 10.9 Å². The Morgan fingerprint density at radius 1 is 1.08 bits per heavy atom. The van der Waals surface area contributed by atoms with Crippen molar-refractivity contribution < 1.29 is 4.74 Å². The van der Waals surface area contributed by atoms with Crippen LogP contribution in [-0.2, 0) is 11.8 Å². The molecule has 1 aromatic heterocycles. The van der Waals surface area contributed by atoms with E-state index in [9.17, 15) is 4.79 Å². The van der Waals surface area contributed by atoms with Crippen molar-refractivity contribution in [2.24, 2.45) is 7.05 Å². The van der Waals surface area contributed by atoms with Crippen LogP contribution in [0.1, 0.15) is 46.1 Å². The van der Waals surface area contributed by atoms with Crippen LogP contribution in [0.15, 0.2) is 59.9 Å². The quantitative estimate of drug-likeness (QED) is 0.781. The zero-order valence-electron chi connectivity index (χ0n) is 16.7. The zero-order chi connectivity index (χ0) is 19.5. The first kappa shape index (κ1) is 19.8. The first-order valence-corrected chi connectivity index (χ1v) is 8.98. The Morgan fingerprint density at radius 3 is 2.19 bits per heavy atom. The number of ether oxygens (including phenoxy) is 1. The molecule has 1 N–H and O–H groups in total. The fraction of sp³-hybridized carbons (Fsp3) is 0.409. The molecule has 2 rings (SSSR count). The Morgan fingerprint density at radius 2 is 1.65 bits per heavy atom. The van der Waals surface area contributed by atoms with E-state index in [0.29, 0.717) is 11.8 Å². The molecule has 0 bridgehead atoms. The third kappa shape index (κ3) is 5.25. The molecule has 1 heterocycles. The van der Waals surface area contributed by atoms with E-state index in [0.717, 1.165) is 11.1 Å². The van der Waals surface area contributed by atoms with Gasteiger partial charge in [-0.2, -0.15) is 0 Å². The maximum absolute atomic E-state index is 11.5. The predicted molar refractivity (Wildman–Crippen MR) is 108 cm³/mol. The monoisotopic (exact) mass is 354 g/mol. The smallest absolute Gasteiger partial charge is 0.250 e. The lowest BCUT2D eigenvalue weighted by Crippen LogP contribution is -2.34. The highest BCUT2D eigenvalue weighted by Gasteiger charge is 2.18. The third-order valence-corrected chi connectivity index (χ3v) is 4.42. The molecule has 0 spiro atoms. The molecule has 2 aromatic rings. The number of hydrogen-bond acceptors (Lipinski definition) is 3. The first-order valence-electron chi connectivity index (χ1n) is 8.98. The van der Waals surface area contributed by atoms with Gasteiger partial charge in [0.25, 0.3) is 0 Å². The molecule has 0 aliphatic carbocycles. The van der Waals surface area contributed by atoms with Gasteiger partial charge in [-0.05, 0) is 57.0 Å². The second kappa shape index (κ2) is 7.81. The summed E-state index contributed by atoms with van der Waals surface area (Å²) in [6.07, 6.45) is 1.86. The first-order chi connectivity index (χ1) is 12.1. The van der Waals surface area contributed by atoms with Crippen LogP contribution in [-0.4, -0.2) is 16.2 Å². The Bertz CT molecular complexity index is 813. The van der Waals surface area contributed by atoms with E-state index in [1.807, 2.05) is 33.0 Å². The van der Waals surface area contributed by atoms with Crippen LogP contribution in [0.4, 0.5) is 0 Å². The Kier molecular flexibility index (Phi) is 5.96. The fourth-order valence-electron chi connectivity index (χ4n) is 2.81. The highest BCUT2D eigenvalue weighted by Crippen LogP contribution is 2.24. The predicted octanol–water partition coefficient (Wildman–Crippen LogP) is 4.42. The number of rotatable bonds is 6. The topological polar surface area (TPSA) is 43.3 Å². The minimum atomic E-state index is -0.259. The average Bonchev–Trinajstić information content (AvgIpc) is 2.55. The third-order valence-electron chi connectivity index (χ3n) is 4.42. The van der Waals surface area contributed by atoms with Crippen molar-refractivity contribution in [2.75, 3.05) is 0 Å². The maximum Gasteiger partial charge on any atom is 0.250 e. The molecule has 0 aliphatic rings. The summed E-state index contributed by atoms with van der Waals surface area (Å²) in [5.41, 5.74) is 3.10. The van der Waals surface area contributed by atoms with Crippen LogP contribution in [0, 0.1) is 0 Å². The molecule has 0 radical (unpaired) electrons. The molecule has 2 atom stereocenters. The Hall–Kier alpha value is -2.49. The lowest BCUT2D eigenvalue weighted by Gasteiger charge is -2.28. The Balaban J connectivity index is 2.08. The van der Waals surface area contributed by atoms with Gasteiger partial charge in [-0.3, -0.25) is 4.79 Å². The largest absolute Gasteiger partial charge is 0.474 e. The van der Waals surface area contributed by atoms with Crippen LogP contribution in [0.5, 0.6) is 0 Å². The maximum atomic E-state index is 11.5. The zero-order valence-corrected chi connectivity index (χ0v) is 16.7. The van der Waals surface area contributed by atoms with E-state index in [4.69, 9.17) is 4.74 Å². The van der Waals surface area contributed by atoms with Crippen molar-refractivity contribution in [1.82, 2.24) is 9.88 Å². The van der Waals surface area contributed by atoms with Gasteiger partial charge in [-0.1, -0.05) is 31.2 Å². The van der Waals surface area contributed by atoms with Crippen LogP contribution in [0.3, 0.4) is 0 Å². The number of hydrogen-bond donors (Lipinski definition) is 1. The molecule has 0 saturated heterocycles. The van der Waals surface area contributed by atoms with Crippen molar-refractivity contribution in [3.63, 3.8) is 0 Å². The molecule has 4 heteroatoms. The van der Waals surface area contributed by atoms with E-state index in [1.165, 1.54) is 5.56 Å². The summed E-state index contributed by atoms with van der Waals surface area (Å²) in [6, 6.07) is 12.1. The second-order valence-corrected chi connectivity index (χ2v) is 7.85. The summed E-state index contributed by atoms with van der Waals surface area (Å²) in [5.74, 6) is 0.892. The van der Waals surface area contributed by atoms with E-state index in [-0.39, 0.29) is 17.2 Å². The molecule has 2 unspecified atom stereocenters. The van der Waals surface area contributed by atoms with Crippen molar-refractivity contribution in [3.05, 3.63) is 71.0 Å². The number of pyridine rings is 1. The van der Waals surface area contributed by atoms with Gasteiger partial charge in [0, 0.05) is 31.3 Å². The van der Waals surface area contributed by atoms with Gasteiger partial charge in [0.15, 0.2) is 5.88 Å². The summed E-state index contributed by atoms with van der Waals surface area (Å²) in [5, 5.41) is 3.34. The number of aromatic nitrogens is 1. The van der Waals surface area contributed by atoms with Gasteiger partial charge in [-0.15, -0.1) is 0 Å². The fourth-order valence-corrected chi connectivity index (χ4v) is 2.81. The minimum Gasteiger partial charge on any atom is -0.474 e. The summed E-state index contributed by atoms with van der Waals surface area (Å²) < 4.78 is 7.35. The van der Waals surface area contributed by atoms with Gasteiger partial charge in [0.05, 0.1) is 0 Å².